The highest BCUT2D eigenvalue weighted by atomic mass is 16.8. The molecular formula is C24H42O19. The minimum absolute atomic E-state index is 0.729. The lowest BCUT2D eigenvalue weighted by molar-refractivity contribution is -0.388. The summed E-state index contributed by atoms with van der Waals surface area (Å²) in [5.41, 5.74) is 0. The average molecular weight is 635 g/mol. The summed E-state index contributed by atoms with van der Waals surface area (Å²) in [5, 5.41) is 123. The fraction of sp³-hybridized carbons (Fsp3) is 1.00. The van der Waals surface area contributed by atoms with Crippen molar-refractivity contribution in [2.75, 3.05) is 13.2 Å². The SMILES string of the molecule is C[C@@H]1O[C@@H](O[C@@H]2[C@@H](O)[C@H](O[C@@H]3O[C@@H](C)[C@H](O[C@@H]4O[C@H](CO)[C@@H](O)[C@H](O)[C@H]4O)[C@@H](O)[C@H]3O)[C@@H](CO)O[C@H]2O)[C@H](O)[C@H](O)[C@H]1O. The van der Waals surface area contributed by atoms with E-state index in [2.05, 4.69) is 0 Å². The van der Waals surface area contributed by atoms with Crippen molar-refractivity contribution in [1.82, 2.24) is 0 Å². The third-order valence-electron chi connectivity index (χ3n) is 8.12. The van der Waals surface area contributed by atoms with E-state index < -0.39 is 136 Å². The maximum atomic E-state index is 11.1. The molecule has 20 atom stereocenters. The number of hydrogen-bond donors (Lipinski definition) is 12. The first-order valence-corrected chi connectivity index (χ1v) is 13.8. The van der Waals surface area contributed by atoms with Crippen molar-refractivity contribution in [1.29, 1.82) is 0 Å². The molecular weight excluding hydrogens is 592 g/mol. The molecule has 12 N–H and O–H groups in total. The van der Waals surface area contributed by atoms with E-state index in [1.54, 1.807) is 0 Å². The smallest absolute Gasteiger partial charge is 0.187 e. The Morgan fingerprint density at radius 3 is 1.47 bits per heavy atom. The highest BCUT2D eigenvalue weighted by molar-refractivity contribution is 4.97. The Kier molecular flexibility index (Phi) is 11.7. The molecule has 0 aromatic rings. The van der Waals surface area contributed by atoms with Gasteiger partial charge in [0.1, 0.15) is 85.5 Å². The largest absolute Gasteiger partial charge is 0.394 e. The van der Waals surface area contributed by atoms with E-state index in [1.807, 2.05) is 0 Å². The molecule has 4 saturated heterocycles. The number of hydrogen-bond acceptors (Lipinski definition) is 19. The molecule has 19 heteroatoms. The first-order valence-electron chi connectivity index (χ1n) is 13.8. The van der Waals surface area contributed by atoms with Gasteiger partial charge in [0.05, 0.1) is 25.4 Å². The second-order valence-corrected chi connectivity index (χ2v) is 11.1. The molecule has 43 heavy (non-hydrogen) atoms. The van der Waals surface area contributed by atoms with Crippen LogP contribution in [0.2, 0.25) is 0 Å². The third-order valence-corrected chi connectivity index (χ3v) is 8.12. The Morgan fingerprint density at radius 1 is 0.419 bits per heavy atom. The van der Waals surface area contributed by atoms with Crippen molar-refractivity contribution in [3.8, 4) is 0 Å². The van der Waals surface area contributed by atoms with Crippen LogP contribution in [0, 0.1) is 0 Å². The zero-order valence-corrected chi connectivity index (χ0v) is 23.2. The van der Waals surface area contributed by atoms with Gasteiger partial charge in [-0.05, 0) is 13.8 Å². The van der Waals surface area contributed by atoms with Crippen LogP contribution in [-0.4, -0.2) is 197 Å². The molecule has 252 valence electrons. The lowest BCUT2D eigenvalue weighted by Gasteiger charge is -2.48. The Hall–Kier alpha value is -0.760. The lowest BCUT2D eigenvalue weighted by Crippen LogP contribution is -2.66. The molecule has 0 radical (unpaired) electrons. The van der Waals surface area contributed by atoms with Crippen molar-refractivity contribution in [3.05, 3.63) is 0 Å². The topological polar surface area (TPSA) is 307 Å². The van der Waals surface area contributed by atoms with Gasteiger partial charge in [0.15, 0.2) is 25.2 Å². The van der Waals surface area contributed by atoms with E-state index in [1.165, 1.54) is 13.8 Å². The summed E-state index contributed by atoms with van der Waals surface area (Å²) >= 11 is 0. The second kappa shape index (κ2) is 14.3. The number of aliphatic hydroxyl groups is 12. The van der Waals surface area contributed by atoms with Crippen LogP contribution >= 0.6 is 0 Å². The summed E-state index contributed by atoms with van der Waals surface area (Å²) in [6.45, 7) is 1.24. The molecule has 4 aliphatic heterocycles. The molecule has 0 saturated carbocycles. The summed E-state index contributed by atoms with van der Waals surface area (Å²) in [6.07, 6.45) is -32.2. The van der Waals surface area contributed by atoms with E-state index in [0.29, 0.717) is 0 Å². The fourth-order valence-corrected chi connectivity index (χ4v) is 5.45. The molecule has 0 spiro atoms. The van der Waals surface area contributed by atoms with Crippen LogP contribution in [0.1, 0.15) is 13.8 Å². The van der Waals surface area contributed by atoms with E-state index >= 15 is 0 Å². The maximum Gasteiger partial charge on any atom is 0.187 e. The van der Waals surface area contributed by atoms with Crippen LogP contribution in [-0.2, 0) is 33.2 Å². The molecule has 0 aromatic heterocycles. The van der Waals surface area contributed by atoms with Gasteiger partial charge in [-0.2, -0.15) is 0 Å². The summed E-state index contributed by atoms with van der Waals surface area (Å²) in [4.78, 5) is 0. The Morgan fingerprint density at radius 2 is 0.884 bits per heavy atom. The molecule has 0 unspecified atom stereocenters. The summed E-state index contributed by atoms with van der Waals surface area (Å²) in [5.74, 6) is 0. The average Bonchev–Trinajstić information content (AvgIpc) is 2.98. The van der Waals surface area contributed by atoms with E-state index in [-0.39, 0.29) is 0 Å². The van der Waals surface area contributed by atoms with Gasteiger partial charge in [0.2, 0.25) is 0 Å². The molecule has 4 heterocycles. The molecule has 0 amide bonds. The molecule has 0 aromatic carbocycles. The van der Waals surface area contributed by atoms with Crippen LogP contribution < -0.4 is 0 Å². The predicted octanol–water partition coefficient (Wildman–Crippen LogP) is -7.69. The van der Waals surface area contributed by atoms with Crippen LogP contribution in [0.15, 0.2) is 0 Å². The van der Waals surface area contributed by atoms with Gasteiger partial charge in [-0.15, -0.1) is 0 Å². The highest BCUT2D eigenvalue weighted by Crippen LogP contribution is 2.34. The lowest BCUT2D eigenvalue weighted by atomic mass is 9.96. The van der Waals surface area contributed by atoms with Crippen LogP contribution in [0.4, 0.5) is 0 Å². The zero-order chi connectivity index (χ0) is 31.9. The van der Waals surface area contributed by atoms with Crippen molar-refractivity contribution < 1.29 is 94.4 Å². The van der Waals surface area contributed by atoms with Gasteiger partial charge in [-0.1, -0.05) is 0 Å². The van der Waals surface area contributed by atoms with Gasteiger partial charge >= 0.3 is 0 Å². The number of aliphatic hydroxyl groups excluding tert-OH is 12. The van der Waals surface area contributed by atoms with Crippen molar-refractivity contribution in [2.24, 2.45) is 0 Å². The first kappa shape index (κ1) is 35.1. The third kappa shape index (κ3) is 7.00. The summed E-state index contributed by atoms with van der Waals surface area (Å²) in [6, 6.07) is 0. The minimum atomic E-state index is -1.90. The highest BCUT2D eigenvalue weighted by Gasteiger charge is 2.54. The van der Waals surface area contributed by atoms with Gasteiger partial charge in [0, 0.05) is 0 Å². The molecule has 0 aliphatic carbocycles. The van der Waals surface area contributed by atoms with Gasteiger partial charge in [-0.25, -0.2) is 0 Å². The van der Waals surface area contributed by atoms with Crippen LogP contribution in [0.5, 0.6) is 0 Å². The Balaban J connectivity index is 1.43. The van der Waals surface area contributed by atoms with Crippen molar-refractivity contribution in [3.63, 3.8) is 0 Å². The fourth-order valence-electron chi connectivity index (χ4n) is 5.45. The Bertz CT molecular complexity index is 884. The molecule has 4 rings (SSSR count). The zero-order valence-electron chi connectivity index (χ0n) is 23.2. The first-order chi connectivity index (χ1) is 20.2. The number of ether oxygens (including phenoxy) is 7. The maximum absolute atomic E-state index is 11.1. The van der Waals surface area contributed by atoms with Crippen molar-refractivity contribution >= 4 is 0 Å². The predicted molar refractivity (Wildman–Crippen MR) is 131 cm³/mol. The normalized spacial score (nSPS) is 54.8. The van der Waals surface area contributed by atoms with Gasteiger partial charge < -0.3 is 94.4 Å². The van der Waals surface area contributed by atoms with Crippen LogP contribution in [0.3, 0.4) is 0 Å². The molecule has 0 bridgehead atoms. The van der Waals surface area contributed by atoms with Gasteiger partial charge in [-0.3, -0.25) is 0 Å². The minimum Gasteiger partial charge on any atom is -0.394 e. The van der Waals surface area contributed by atoms with Crippen LogP contribution in [0.25, 0.3) is 0 Å². The molecule has 4 fully saturated rings. The summed E-state index contributed by atoms with van der Waals surface area (Å²) < 4.78 is 38.3. The summed E-state index contributed by atoms with van der Waals surface area (Å²) in [7, 11) is 0. The van der Waals surface area contributed by atoms with E-state index in [9.17, 15) is 61.3 Å². The van der Waals surface area contributed by atoms with Gasteiger partial charge in [0.25, 0.3) is 0 Å². The number of rotatable bonds is 8. The van der Waals surface area contributed by atoms with E-state index in [4.69, 9.17) is 33.2 Å². The molecule has 19 nitrogen and oxygen atoms in total. The Labute approximate surface area is 244 Å². The monoisotopic (exact) mass is 634 g/mol. The standard InChI is InChI=1S/C24H42O19/c1-5-9(27)11(29)14(32)22(37-5)43-20-17(35)19(8(4-26)39-21(20)36)42-23-16(34)13(31)18(6(2)38-23)41-24-15(33)12(30)10(28)7(3-25)40-24/h5-36H,3-4H2,1-2H3/t5-,6-,7+,8+,9-,10+,11+,12-,13-,14+,15+,16+,17-,18-,19+,20+,21+,22-,23-,24-/m0/s1. The second-order valence-electron chi connectivity index (χ2n) is 11.1. The van der Waals surface area contributed by atoms with Crippen molar-refractivity contribution in [2.45, 2.75) is 137 Å². The quantitative estimate of drug-likeness (QED) is 0.118. The molecule has 4 aliphatic rings. The van der Waals surface area contributed by atoms with E-state index in [0.717, 1.165) is 0 Å².